The van der Waals surface area contributed by atoms with Crippen LogP contribution in [0.1, 0.15) is 10.4 Å². The summed E-state index contributed by atoms with van der Waals surface area (Å²) >= 11 is 2.83. The van der Waals surface area contributed by atoms with Gasteiger partial charge >= 0.3 is 0 Å². The Balaban J connectivity index is 1.58. The zero-order valence-electron chi connectivity index (χ0n) is 13.1. The standard InChI is InChI=1S/C17H12FN3O2S2/c1-23-14-7-6-10(8-11(14)18)13(22)9-24-16-19-20-17-21(16)12-4-2-3-5-15(12)25-17/h2-8H,9H2,1H3. The third-order valence-electron chi connectivity index (χ3n) is 3.72. The summed E-state index contributed by atoms with van der Waals surface area (Å²) in [5.74, 6) is -0.459. The van der Waals surface area contributed by atoms with Gasteiger partial charge in [0, 0.05) is 5.56 Å². The first-order valence-corrected chi connectivity index (χ1v) is 9.20. The predicted molar refractivity (Wildman–Crippen MR) is 96.4 cm³/mol. The Kier molecular flexibility index (Phi) is 4.14. The molecule has 0 unspecified atom stereocenters. The van der Waals surface area contributed by atoms with Crippen LogP contribution in [0.15, 0.2) is 47.6 Å². The first kappa shape index (κ1) is 16.0. The molecule has 2 heterocycles. The molecule has 0 aliphatic carbocycles. The lowest BCUT2D eigenvalue weighted by Gasteiger charge is -2.04. The number of hydrogen-bond acceptors (Lipinski definition) is 6. The number of nitrogens with zero attached hydrogens (tertiary/aromatic N) is 3. The van der Waals surface area contributed by atoms with Crippen LogP contribution in [0.2, 0.25) is 0 Å². The molecular formula is C17H12FN3O2S2. The summed E-state index contributed by atoms with van der Waals surface area (Å²) < 4.78 is 21.7. The molecule has 0 spiro atoms. The normalized spacial score (nSPS) is 11.3. The molecule has 126 valence electrons. The smallest absolute Gasteiger partial charge is 0.217 e. The van der Waals surface area contributed by atoms with Gasteiger partial charge < -0.3 is 4.74 Å². The average Bonchev–Trinajstić information content (AvgIpc) is 3.18. The lowest BCUT2D eigenvalue weighted by Crippen LogP contribution is -2.04. The van der Waals surface area contributed by atoms with Crippen LogP contribution in [0.5, 0.6) is 5.75 Å². The topological polar surface area (TPSA) is 56.5 Å². The zero-order chi connectivity index (χ0) is 17.4. The summed E-state index contributed by atoms with van der Waals surface area (Å²) in [6, 6.07) is 12.1. The van der Waals surface area contributed by atoms with E-state index in [1.807, 2.05) is 28.7 Å². The number of fused-ring (bicyclic) bond motifs is 3. The molecule has 0 aliphatic rings. The minimum Gasteiger partial charge on any atom is -0.494 e. The van der Waals surface area contributed by atoms with Crippen molar-refractivity contribution < 1.29 is 13.9 Å². The number of hydrogen-bond donors (Lipinski definition) is 0. The summed E-state index contributed by atoms with van der Waals surface area (Å²) in [4.78, 5) is 13.1. The molecule has 0 fully saturated rings. The van der Waals surface area contributed by atoms with Gasteiger partial charge in [-0.1, -0.05) is 35.2 Å². The maximum absolute atomic E-state index is 13.8. The van der Waals surface area contributed by atoms with Crippen molar-refractivity contribution in [3.63, 3.8) is 0 Å². The highest BCUT2D eigenvalue weighted by Gasteiger charge is 2.15. The van der Waals surface area contributed by atoms with Gasteiger partial charge in [-0.3, -0.25) is 9.20 Å². The van der Waals surface area contributed by atoms with Crippen molar-refractivity contribution >= 4 is 44.1 Å². The molecule has 4 aromatic rings. The monoisotopic (exact) mass is 373 g/mol. The molecular weight excluding hydrogens is 361 g/mol. The maximum Gasteiger partial charge on any atom is 0.217 e. The highest BCUT2D eigenvalue weighted by atomic mass is 32.2. The molecule has 0 bridgehead atoms. The van der Waals surface area contributed by atoms with Crippen LogP contribution < -0.4 is 4.74 Å². The van der Waals surface area contributed by atoms with Crippen LogP contribution in [0.3, 0.4) is 0 Å². The van der Waals surface area contributed by atoms with Gasteiger partial charge in [-0.2, -0.15) is 0 Å². The van der Waals surface area contributed by atoms with E-state index < -0.39 is 5.82 Å². The first-order chi connectivity index (χ1) is 12.2. The minimum absolute atomic E-state index is 0.119. The number of carbonyl (C=O) groups is 1. The predicted octanol–water partition coefficient (Wildman–Crippen LogP) is 4.07. The number of thiazole rings is 1. The third kappa shape index (κ3) is 2.87. The number of benzene rings is 2. The largest absolute Gasteiger partial charge is 0.494 e. The first-order valence-electron chi connectivity index (χ1n) is 7.39. The molecule has 2 aromatic heterocycles. The number of thioether (sulfide) groups is 1. The Bertz CT molecular complexity index is 1090. The summed E-state index contributed by atoms with van der Waals surface area (Å²) in [5.41, 5.74) is 1.32. The maximum atomic E-state index is 13.8. The Hall–Kier alpha value is -2.45. The molecule has 0 amide bonds. The Labute approximate surface area is 150 Å². The van der Waals surface area contributed by atoms with Gasteiger partial charge in [0.15, 0.2) is 22.5 Å². The van der Waals surface area contributed by atoms with Gasteiger partial charge in [-0.15, -0.1) is 10.2 Å². The number of rotatable bonds is 5. The van der Waals surface area contributed by atoms with Gasteiger partial charge in [0.1, 0.15) is 0 Å². The van der Waals surface area contributed by atoms with Crippen molar-refractivity contribution in [3.8, 4) is 5.75 Å². The Morgan fingerprint density at radius 2 is 2.12 bits per heavy atom. The van der Waals surface area contributed by atoms with Crippen molar-refractivity contribution in [1.29, 1.82) is 0 Å². The fraction of sp³-hybridized carbons (Fsp3) is 0.118. The van der Waals surface area contributed by atoms with E-state index in [-0.39, 0.29) is 17.3 Å². The van der Waals surface area contributed by atoms with Crippen LogP contribution in [0, 0.1) is 5.82 Å². The van der Waals surface area contributed by atoms with Crippen LogP contribution in [0.25, 0.3) is 15.2 Å². The summed E-state index contributed by atoms with van der Waals surface area (Å²) in [7, 11) is 1.39. The van der Waals surface area contributed by atoms with Gasteiger partial charge in [-0.05, 0) is 30.3 Å². The van der Waals surface area contributed by atoms with E-state index in [1.165, 1.54) is 31.0 Å². The average molecular weight is 373 g/mol. The number of methoxy groups -OCH3 is 1. The van der Waals surface area contributed by atoms with E-state index in [0.717, 1.165) is 15.2 Å². The van der Waals surface area contributed by atoms with E-state index >= 15 is 0 Å². The quantitative estimate of drug-likeness (QED) is 0.390. The van der Waals surface area contributed by atoms with Gasteiger partial charge in [-0.25, -0.2) is 4.39 Å². The fourth-order valence-electron chi connectivity index (χ4n) is 2.50. The number of ketones is 1. The second-order valence-electron chi connectivity index (χ2n) is 5.23. The lowest BCUT2D eigenvalue weighted by molar-refractivity contribution is 0.102. The minimum atomic E-state index is -0.549. The SMILES string of the molecule is COc1ccc(C(=O)CSc2nnc3sc4ccccc4n23)cc1F. The van der Waals surface area contributed by atoms with E-state index in [0.29, 0.717) is 10.7 Å². The second kappa shape index (κ2) is 6.45. The fourth-order valence-corrected chi connectivity index (χ4v) is 4.36. The van der Waals surface area contributed by atoms with E-state index in [9.17, 15) is 9.18 Å². The van der Waals surface area contributed by atoms with Crippen molar-refractivity contribution in [2.45, 2.75) is 5.16 Å². The number of aromatic nitrogens is 3. The molecule has 0 aliphatic heterocycles. The molecule has 0 N–H and O–H groups in total. The van der Waals surface area contributed by atoms with Crippen LogP contribution in [-0.2, 0) is 0 Å². The molecule has 2 aromatic carbocycles. The number of Topliss-reactive ketones (excluding diaryl/α,β-unsaturated/α-hetero) is 1. The third-order valence-corrected chi connectivity index (χ3v) is 5.66. The van der Waals surface area contributed by atoms with E-state index in [2.05, 4.69) is 10.2 Å². The molecule has 0 saturated heterocycles. The van der Waals surface area contributed by atoms with Crippen molar-refractivity contribution in [1.82, 2.24) is 14.6 Å². The Morgan fingerprint density at radius 1 is 1.28 bits per heavy atom. The molecule has 25 heavy (non-hydrogen) atoms. The van der Waals surface area contributed by atoms with Crippen LogP contribution in [0.4, 0.5) is 4.39 Å². The van der Waals surface area contributed by atoms with E-state index in [1.54, 1.807) is 17.4 Å². The summed E-state index contributed by atoms with van der Waals surface area (Å²) in [6.07, 6.45) is 0. The summed E-state index contributed by atoms with van der Waals surface area (Å²) in [6.45, 7) is 0. The van der Waals surface area contributed by atoms with Crippen molar-refractivity contribution in [2.75, 3.05) is 12.9 Å². The number of para-hydroxylation sites is 1. The van der Waals surface area contributed by atoms with E-state index in [4.69, 9.17) is 4.74 Å². The molecule has 8 heteroatoms. The second-order valence-corrected chi connectivity index (χ2v) is 7.18. The highest BCUT2D eigenvalue weighted by molar-refractivity contribution is 7.99. The number of carbonyl (C=O) groups excluding carboxylic acids is 1. The molecule has 0 saturated carbocycles. The van der Waals surface area contributed by atoms with Crippen LogP contribution >= 0.6 is 23.1 Å². The lowest BCUT2D eigenvalue weighted by atomic mass is 10.1. The molecule has 0 radical (unpaired) electrons. The number of halogens is 1. The van der Waals surface area contributed by atoms with Crippen LogP contribution in [-0.4, -0.2) is 33.2 Å². The van der Waals surface area contributed by atoms with Gasteiger partial charge in [0.25, 0.3) is 0 Å². The van der Waals surface area contributed by atoms with Gasteiger partial charge in [0.2, 0.25) is 4.96 Å². The summed E-state index contributed by atoms with van der Waals surface area (Å²) in [5, 5.41) is 8.97. The zero-order valence-corrected chi connectivity index (χ0v) is 14.7. The Morgan fingerprint density at radius 3 is 2.92 bits per heavy atom. The number of ether oxygens (including phenoxy) is 1. The molecule has 4 rings (SSSR count). The van der Waals surface area contributed by atoms with Gasteiger partial charge in [0.05, 0.1) is 23.1 Å². The van der Waals surface area contributed by atoms with Crippen molar-refractivity contribution in [2.24, 2.45) is 0 Å². The van der Waals surface area contributed by atoms with Crippen molar-refractivity contribution in [3.05, 3.63) is 53.8 Å². The highest BCUT2D eigenvalue weighted by Crippen LogP contribution is 2.29. The molecule has 0 atom stereocenters. The molecule has 5 nitrogen and oxygen atoms in total.